The van der Waals surface area contributed by atoms with E-state index < -0.39 is 11.7 Å². The maximum atomic E-state index is 12.9. The Labute approximate surface area is 173 Å². The Hall–Kier alpha value is -2.69. The van der Waals surface area contributed by atoms with Gasteiger partial charge in [-0.3, -0.25) is 4.79 Å². The van der Waals surface area contributed by atoms with Crippen LogP contribution in [0, 0.1) is 20.8 Å². The van der Waals surface area contributed by atoms with Crippen LogP contribution in [0.2, 0.25) is 0 Å². The number of aryl methyl sites for hydroxylation is 2. The average molecular weight is 398 g/mol. The molecule has 0 spiro atoms. The molecule has 1 amide bonds. The third kappa shape index (κ3) is 4.66. The Morgan fingerprint density at radius 3 is 2.62 bits per heavy atom. The summed E-state index contributed by atoms with van der Waals surface area (Å²) >= 11 is 0. The number of rotatable bonds is 5. The molecule has 0 radical (unpaired) electrons. The number of carbonyl (C=O) groups excluding carboxylic acids is 1. The van der Waals surface area contributed by atoms with Crippen LogP contribution < -0.4 is 19.5 Å². The van der Waals surface area contributed by atoms with Gasteiger partial charge in [-0.25, -0.2) is 0 Å². The zero-order valence-corrected chi connectivity index (χ0v) is 18.4. The smallest absolute Gasteiger partial charge is 0.261 e. The molecule has 29 heavy (non-hydrogen) atoms. The number of amides is 1. The van der Waals surface area contributed by atoms with Gasteiger partial charge in [-0.05, 0) is 76.4 Å². The molecular weight excluding hydrogens is 366 g/mol. The summed E-state index contributed by atoms with van der Waals surface area (Å²) in [5.41, 5.74) is 3.88. The predicted molar refractivity (Wildman–Crippen MR) is 114 cm³/mol. The number of carbonyl (C=O) groups is 1. The molecule has 0 saturated heterocycles. The van der Waals surface area contributed by atoms with E-state index in [1.54, 1.807) is 14.0 Å². The fourth-order valence-corrected chi connectivity index (χ4v) is 3.74. The van der Waals surface area contributed by atoms with Crippen LogP contribution in [-0.4, -0.2) is 24.7 Å². The molecule has 0 aromatic heterocycles. The van der Waals surface area contributed by atoms with Crippen LogP contribution in [-0.2, 0) is 4.79 Å². The Kier molecular flexibility index (Phi) is 5.78. The molecule has 156 valence electrons. The van der Waals surface area contributed by atoms with E-state index in [-0.39, 0.29) is 11.9 Å². The van der Waals surface area contributed by atoms with Gasteiger partial charge in [-0.15, -0.1) is 0 Å². The van der Waals surface area contributed by atoms with Crippen molar-refractivity contribution in [2.24, 2.45) is 0 Å². The summed E-state index contributed by atoms with van der Waals surface area (Å²) in [6, 6.07) is 9.65. The molecule has 0 bridgehead atoms. The van der Waals surface area contributed by atoms with Crippen LogP contribution in [0.1, 0.15) is 55.5 Å². The predicted octanol–water partition coefficient (Wildman–Crippen LogP) is 4.81. The minimum absolute atomic E-state index is 0.145. The number of fused-ring (bicyclic) bond motifs is 1. The summed E-state index contributed by atoms with van der Waals surface area (Å²) in [5.74, 6) is 2.08. The van der Waals surface area contributed by atoms with Gasteiger partial charge >= 0.3 is 0 Å². The van der Waals surface area contributed by atoms with Crippen LogP contribution in [0.3, 0.4) is 0 Å². The van der Waals surface area contributed by atoms with E-state index in [1.165, 1.54) is 0 Å². The minimum Gasteiger partial charge on any atom is -0.497 e. The van der Waals surface area contributed by atoms with Crippen LogP contribution >= 0.6 is 0 Å². The summed E-state index contributed by atoms with van der Waals surface area (Å²) in [6.45, 7) is 11.9. The summed E-state index contributed by atoms with van der Waals surface area (Å²) in [7, 11) is 1.63. The zero-order valence-electron chi connectivity index (χ0n) is 18.4. The normalized spacial score (nSPS) is 18.2. The van der Waals surface area contributed by atoms with Crippen molar-refractivity contribution in [3.8, 4) is 17.2 Å². The second kappa shape index (κ2) is 7.97. The van der Waals surface area contributed by atoms with Crippen molar-refractivity contribution in [2.45, 2.75) is 65.7 Å². The third-order valence-electron chi connectivity index (χ3n) is 5.43. The van der Waals surface area contributed by atoms with Gasteiger partial charge < -0.3 is 19.5 Å². The molecule has 0 fully saturated rings. The quantitative estimate of drug-likeness (QED) is 0.787. The molecule has 0 saturated carbocycles. The first-order valence-electron chi connectivity index (χ1n) is 10.0. The molecule has 1 aliphatic rings. The van der Waals surface area contributed by atoms with E-state index in [9.17, 15) is 4.79 Å². The van der Waals surface area contributed by atoms with Gasteiger partial charge in [0.1, 0.15) is 22.8 Å². The Balaban J connectivity index is 1.78. The first-order chi connectivity index (χ1) is 13.6. The molecule has 5 heteroatoms. The van der Waals surface area contributed by atoms with Crippen molar-refractivity contribution in [1.82, 2.24) is 5.32 Å². The minimum atomic E-state index is -0.609. The van der Waals surface area contributed by atoms with Gasteiger partial charge in [0.25, 0.3) is 5.91 Å². The fourth-order valence-electron chi connectivity index (χ4n) is 3.74. The summed E-state index contributed by atoms with van der Waals surface area (Å²) in [6.07, 6.45) is 0.0652. The van der Waals surface area contributed by atoms with Gasteiger partial charge in [0.15, 0.2) is 6.10 Å². The highest BCUT2D eigenvalue weighted by atomic mass is 16.5. The molecule has 2 aromatic rings. The second-order valence-corrected chi connectivity index (χ2v) is 8.50. The molecule has 5 nitrogen and oxygen atoms in total. The van der Waals surface area contributed by atoms with Crippen molar-refractivity contribution in [2.75, 3.05) is 7.11 Å². The Bertz CT molecular complexity index is 919. The van der Waals surface area contributed by atoms with Gasteiger partial charge in [0, 0.05) is 18.1 Å². The lowest BCUT2D eigenvalue weighted by atomic mass is 9.89. The third-order valence-corrected chi connectivity index (χ3v) is 5.43. The van der Waals surface area contributed by atoms with Crippen molar-refractivity contribution >= 4 is 5.91 Å². The van der Waals surface area contributed by atoms with E-state index in [4.69, 9.17) is 14.2 Å². The Morgan fingerprint density at radius 2 is 1.93 bits per heavy atom. The summed E-state index contributed by atoms with van der Waals surface area (Å²) in [4.78, 5) is 12.9. The SMILES string of the molecule is COc1ccc2c(c1)OC(C)(C)C[C@@H]2NC(=O)[C@H](C)Oc1cc(C)cc(C)c1C. The van der Waals surface area contributed by atoms with Gasteiger partial charge in [0.2, 0.25) is 0 Å². The first-order valence-corrected chi connectivity index (χ1v) is 10.0. The lowest BCUT2D eigenvalue weighted by Crippen LogP contribution is -2.44. The van der Waals surface area contributed by atoms with E-state index in [0.29, 0.717) is 6.42 Å². The summed E-state index contributed by atoms with van der Waals surface area (Å²) < 4.78 is 17.4. The molecule has 1 N–H and O–H groups in total. The second-order valence-electron chi connectivity index (χ2n) is 8.50. The molecule has 1 aliphatic heterocycles. The van der Waals surface area contributed by atoms with E-state index in [0.717, 1.165) is 39.5 Å². The van der Waals surface area contributed by atoms with E-state index in [1.807, 2.05) is 52.0 Å². The van der Waals surface area contributed by atoms with E-state index >= 15 is 0 Å². The maximum Gasteiger partial charge on any atom is 0.261 e. The van der Waals surface area contributed by atoms with Crippen molar-refractivity contribution in [3.63, 3.8) is 0 Å². The topological polar surface area (TPSA) is 56.8 Å². The van der Waals surface area contributed by atoms with Gasteiger partial charge in [-0.1, -0.05) is 6.07 Å². The highest BCUT2D eigenvalue weighted by Crippen LogP contribution is 2.41. The van der Waals surface area contributed by atoms with Crippen LogP contribution in [0.25, 0.3) is 0 Å². The molecule has 0 unspecified atom stereocenters. The average Bonchev–Trinajstić information content (AvgIpc) is 2.64. The number of nitrogens with one attached hydrogen (secondary N) is 1. The van der Waals surface area contributed by atoms with Crippen molar-refractivity contribution < 1.29 is 19.0 Å². The van der Waals surface area contributed by atoms with Crippen LogP contribution in [0.4, 0.5) is 0 Å². The lowest BCUT2D eigenvalue weighted by molar-refractivity contribution is -0.128. The molecule has 1 heterocycles. The maximum absolute atomic E-state index is 12.9. The monoisotopic (exact) mass is 397 g/mol. The fraction of sp³-hybridized carbons (Fsp3) is 0.458. The number of hydrogen-bond donors (Lipinski definition) is 1. The zero-order chi connectivity index (χ0) is 21.3. The lowest BCUT2D eigenvalue weighted by Gasteiger charge is -2.38. The van der Waals surface area contributed by atoms with E-state index in [2.05, 4.69) is 18.3 Å². The van der Waals surface area contributed by atoms with Crippen LogP contribution in [0.15, 0.2) is 30.3 Å². The highest BCUT2D eigenvalue weighted by molar-refractivity contribution is 5.81. The summed E-state index contributed by atoms with van der Waals surface area (Å²) in [5, 5.41) is 3.15. The molecule has 2 atom stereocenters. The van der Waals surface area contributed by atoms with Gasteiger partial charge in [-0.2, -0.15) is 0 Å². The Morgan fingerprint density at radius 1 is 1.21 bits per heavy atom. The van der Waals surface area contributed by atoms with Crippen molar-refractivity contribution in [1.29, 1.82) is 0 Å². The first kappa shape index (κ1) is 21.0. The largest absolute Gasteiger partial charge is 0.497 e. The number of benzene rings is 2. The van der Waals surface area contributed by atoms with Crippen LogP contribution in [0.5, 0.6) is 17.2 Å². The molecule has 3 rings (SSSR count). The number of methoxy groups -OCH3 is 1. The highest BCUT2D eigenvalue weighted by Gasteiger charge is 2.35. The van der Waals surface area contributed by atoms with Crippen molar-refractivity contribution in [3.05, 3.63) is 52.6 Å². The number of hydrogen-bond acceptors (Lipinski definition) is 4. The molecular formula is C24H31NO4. The molecule has 2 aromatic carbocycles. The van der Waals surface area contributed by atoms with Gasteiger partial charge in [0.05, 0.1) is 13.2 Å². The molecule has 0 aliphatic carbocycles. The standard InChI is InChI=1S/C24H31NO4/c1-14-10-15(2)16(3)21(11-14)28-17(4)23(26)25-20-13-24(5,6)29-22-12-18(27-7)8-9-19(20)22/h8-12,17,20H,13H2,1-7H3,(H,25,26)/t17-,20-/m0/s1. The number of ether oxygens (including phenoxy) is 3.